The van der Waals surface area contributed by atoms with Crippen LogP contribution in [0.1, 0.15) is 13.8 Å². The fourth-order valence-electron chi connectivity index (χ4n) is 2.03. The fraction of sp³-hybridized carbons (Fsp3) is 0.545. The molecule has 0 bridgehead atoms. The van der Waals surface area contributed by atoms with E-state index in [1.54, 1.807) is 11.8 Å². The molecule has 0 radical (unpaired) electrons. The summed E-state index contributed by atoms with van der Waals surface area (Å²) in [5, 5.41) is 9.54. The molecule has 1 saturated heterocycles. The fourth-order valence-corrected chi connectivity index (χ4v) is 4.08. The number of rotatable bonds is 3. The Kier molecular flexibility index (Phi) is 5.46. The lowest BCUT2D eigenvalue weighted by atomic mass is 10.0. The van der Waals surface area contributed by atoms with Crippen molar-refractivity contribution in [2.75, 3.05) is 11.1 Å². The quantitative estimate of drug-likeness (QED) is 0.469. The molecule has 2 aliphatic heterocycles. The zero-order chi connectivity index (χ0) is 13.4. The number of carboxylic acids is 1. The van der Waals surface area contributed by atoms with Crippen LogP contribution in [0.5, 0.6) is 0 Å². The molecule has 2 atom stereocenters. The number of nitrogens with zero attached hydrogens (tertiary/aromatic N) is 2. The topological polar surface area (TPSA) is 70.0 Å². The smallest absolute Gasteiger partial charge is 0.352 e. The van der Waals surface area contributed by atoms with Crippen LogP contribution >= 0.6 is 40.1 Å². The molecule has 8 heteroatoms. The largest absolute Gasteiger partial charge is 0.477 e. The highest BCUT2D eigenvalue weighted by Gasteiger charge is 2.53. The van der Waals surface area contributed by atoms with E-state index in [0.29, 0.717) is 11.1 Å². The van der Waals surface area contributed by atoms with Crippen LogP contribution in [0.2, 0.25) is 0 Å². The van der Waals surface area contributed by atoms with Crippen LogP contribution in [0.15, 0.2) is 16.3 Å². The zero-order valence-corrected chi connectivity index (χ0v) is 13.6. The van der Waals surface area contributed by atoms with E-state index in [2.05, 4.69) is 20.9 Å². The number of β-lactam (4-membered cyclic amide) rings is 1. The van der Waals surface area contributed by atoms with Gasteiger partial charge < -0.3 is 5.11 Å². The van der Waals surface area contributed by atoms with Gasteiger partial charge in [0, 0.05) is 16.8 Å². The van der Waals surface area contributed by atoms with Crippen LogP contribution in [0.25, 0.3) is 0 Å². The molecule has 0 saturated carbocycles. The first kappa shape index (κ1) is 16.5. The molecular weight excluding hydrogens is 356 g/mol. The van der Waals surface area contributed by atoms with Gasteiger partial charge in [-0.3, -0.25) is 14.7 Å². The van der Waals surface area contributed by atoms with Crippen LogP contribution in [0.3, 0.4) is 0 Å². The van der Waals surface area contributed by atoms with E-state index in [-0.39, 0.29) is 29.4 Å². The van der Waals surface area contributed by atoms with Crippen molar-refractivity contribution in [1.29, 1.82) is 0 Å². The highest BCUT2D eigenvalue weighted by Crippen LogP contribution is 2.42. The molecule has 2 aliphatic rings. The molecule has 106 valence electrons. The first-order valence-electron chi connectivity index (χ1n) is 5.44. The molecule has 0 aromatic heterocycles. The molecule has 0 aromatic carbocycles. The van der Waals surface area contributed by atoms with Gasteiger partial charge in [0.25, 0.3) is 5.91 Å². The van der Waals surface area contributed by atoms with Gasteiger partial charge in [0.2, 0.25) is 0 Å². The third-order valence-corrected chi connectivity index (χ3v) is 4.78. The van der Waals surface area contributed by atoms with Crippen molar-refractivity contribution < 1.29 is 14.7 Å². The van der Waals surface area contributed by atoms with E-state index < -0.39 is 12.0 Å². The summed E-state index contributed by atoms with van der Waals surface area (Å²) in [6.07, 6.45) is 0. The van der Waals surface area contributed by atoms with E-state index in [9.17, 15) is 14.7 Å². The second-order valence-electron chi connectivity index (χ2n) is 4.32. The van der Waals surface area contributed by atoms with E-state index in [4.69, 9.17) is 0 Å². The first-order valence-corrected chi connectivity index (χ1v) is 7.61. The molecule has 0 aliphatic carbocycles. The molecular formula is C11H14BrClN2O3S. The van der Waals surface area contributed by atoms with E-state index in [0.717, 1.165) is 11.3 Å². The second-order valence-corrected chi connectivity index (χ2v) is 5.99. The summed E-state index contributed by atoms with van der Waals surface area (Å²) >= 11 is 4.83. The maximum atomic E-state index is 12.0. The summed E-state index contributed by atoms with van der Waals surface area (Å²) < 4.78 is 0. The number of thioether (sulfide) groups is 1. The highest BCUT2D eigenvalue weighted by molar-refractivity contribution is 9.09. The van der Waals surface area contributed by atoms with Gasteiger partial charge in [0.05, 0.1) is 0 Å². The minimum atomic E-state index is -1.04. The summed E-state index contributed by atoms with van der Waals surface area (Å²) in [7, 11) is 0. The number of hydrogen-bond acceptors (Lipinski definition) is 4. The predicted molar refractivity (Wildman–Crippen MR) is 81.4 cm³/mol. The third-order valence-electron chi connectivity index (χ3n) is 2.78. The number of halogens is 2. The molecule has 1 amide bonds. The van der Waals surface area contributed by atoms with Gasteiger partial charge in [-0.2, -0.15) is 0 Å². The van der Waals surface area contributed by atoms with Gasteiger partial charge in [-0.25, -0.2) is 4.79 Å². The van der Waals surface area contributed by atoms with Crippen LogP contribution in [-0.4, -0.2) is 50.1 Å². The number of fused-ring (bicyclic) bond motifs is 1. The number of carboxylic acid groups (broad SMARTS) is 1. The Morgan fingerprint density at radius 2 is 2.21 bits per heavy atom. The standard InChI is InChI=1S/C11H13BrN2O3S.ClH/c1-5(2)13-7-9(15)14-8(11(16)17)6(3-12)4-18-10(7)14;/h7,10H,3-4H2,1-2H3,(H,16,17);1H/t7-,10-;/m1./s1. The lowest BCUT2D eigenvalue weighted by Crippen LogP contribution is -2.64. The number of carbonyl (C=O) groups excluding carboxylic acids is 1. The lowest BCUT2D eigenvalue weighted by Gasteiger charge is -2.47. The second kappa shape index (κ2) is 6.28. The van der Waals surface area contributed by atoms with Crippen LogP contribution in [0.4, 0.5) is 0 Å². The number of carbonyl (C=O) groups is 2. The van der Waals surface area contributed by atoms with Crippen LogP contribution in [0, 0.1) is 0 Å². The molecule has 1 fully saturated rings. The molecule has 1 N–H and O–H groups in total. The maximum absolute atomic E-state index is 12.0. The average molecular weight is 370 g/mol. The van der Waals surface area contributed by atoms with Gasteiger partial charge in [-0.15, -0.1) is 24.2 Å². The number of aliphatic imine (C=N–C) groups is 1. The molecule has 2 rings (SSSR count). The Labute approximate surface area is 130 Å². The molecule has 0 unspecified atom stereocenters. The van der Waals surface area contributed by atoms with Crippen LogP contribution < -0.4 is 0 Å². The summed E-state index contributed by atoms with van der Waals surface area (Å²) in [5.41, 5.74) is 1.70. The lowest BCUT2D eigenvalue weighted by molar-refractivity contribution is -0.147. The van der Waals surface area contributed by atoms with Crippen molar-refractivity contribution in [3.8, 4) is 0 Å². The van der Waals surface area contributed by atoms with Gasteiger partial charge in [0.1, 0.15) is 11.1 Å². The Morgan fingerprint density at radius 3 is 2.68 bits per heavy atom. The molecule has 5 nitrogen and oxygen atoms in total. The summed E-state index contributed by atoms with van der Waals surface area (Å²) in [6.45, 7) is 3.67. The van der Waals surface area contributed by atoms with Crippen molar-refractivity contribution in [3.63, 3.8) is 0 Å². The first-order chi connectivity index (χ1) is 8.47. The predicted octanol–water partition coefficient (Wildman–Crippen LogP) is 1.91. The van der Waals surface area contributed by atoms with Gasteiger partial charge in [-0.05, 0) is 19.4 Å². The molecule has 0 aromatic rings. The summed E-state index contributed by atoms with van der Waals surface area (Å²) in [6, 6.07) is -0.425. The SMILES string of the molecule is CC(C)=N[C@@H]1C(=O)N2C(C(=O)O)=C(CBr)CS[C@H]12.Cl. The van der Waals surface area contributed by atoms with E-state index in [1.807, 2.05) is 13.8 Å². The minimum absolute atomic E-state index is 0. The Balaban J connectivity index is 0.00000180. The van der Waals surface area contributed by atoms with Crippen molar-refractivity contribution in [1.82, 2.24) is 4.90 Å². The Morgan fingerprint density at radius 1 is 1.58 bits per heavy atom. The van der Waals surface area contributed by atoms with E-state index in [1.165, 1.54) is 4.90 Å². The van der Waals surface area contributed by atoms with Gasteiger partial charge >= 0.3 is 5.97 Å². The maximum Gasteiger partial charge on any atom is 0.352 e. The number of amides is 1. The van der Waals surface area contributed by atoms with Crippen molar-refractivity contribution in [2.45, 2.75) is 25.3 Å². The Hall–Kier alpha value is -0.530. The van der Waals surface area contributed by atoms with Crippen molar-refractivity contribution in [3.05, 3.63) is 11.3 Å². The van der Waals surface area contributed by atoms with Crippen LogP contribution in [-0.2, 0) is 9.59 Å². The third kappa shape index (κ3) is 2.83. The number of hydrogen-bond donors (Lipinski definition) is 1. The number of alkyl halides is 1. The number of aliphatic carboxylic acids is 1. The van der Waals surface area contributed by atoms with Gasteiger partial charge in [-0.1, -0.05) is 15.9 Å². The summed E-state index contributed by atoms with van der Waals surface area (Å²) in [4.78, 5) is 28.9. The normalized spacial score (nSPS) is 25.2. The minimum Gasteiger partial charge on any atom is -0.477 e. The van der Waals surface area contributed by atoms with Crippen molar-refractivity contribution in [2.24, 2.45) is 4.99 Å². The summed E-state index contributed by atoms with van der Waals surface area (Å²) in [5.74, 6) is -0.640. The Bertz CT molecular complexity index is 477. The monoisotopic (exact) mass is 368 g/mol. The molecule has 2 heterocycles. The zero-order valence-electron chi connectivity index (χ0n) is 10.4. The average Bonchev–Trinajstić information content (AvgIpc) is 2.33. The van der Waals surface area contributed by atoms with E-state index >= 15 is 0 Å². The molecule has 0 spiro atoms. The van der Waals surface area contributed by atoms with Crippen molar-refractivity contribution >= 4 is 57.7 Å². The molecule has 19 heavy (non-hydrogen) atoms. The van der Waals surface area contributed by atoms with Gasteiger partial charge in [0.15, 0.2) is 6.04 Å². The highest BCUT2D eigenvalue weighted by atomic mass is 79.9.